The summed E-state index contributed by atoms with van der Waals surface area (Å²) in [6.45, 7) is 1.81. The average molecular weight is 448 g/mol. The molecule has 0 saturated carbocycles. The number of fused-ring (bicyclic) bond motifs is 2. The number of imidazole rings is 1. The Morgan fingerprint density at radius 2 is 2.00 bits per heavy atom. The third-order valence-corrected chi connectivity index (χ3v) is 5.17. The van der Waals surface area contributed by atoms with Gasteiger partial charge in [0.05, 0.1) is 18.7 Å². The van der Waals surface area contributed by atoms with Crippen molar-refractivity contribution in [3.05, 3.63) is 35.4 Å². The van der Waals surface area contributed by atoms with Crippen LogP contribution in [0.4, 0.5) is 0 Å². The lowest BCUT2D eigenvalue weighted by atomic mass is 10.1. The first-order chi connectivity index (χ1) is 15.0. The van der Waals surface area contributed by atoms with Gasteiger partial charge in [0.2, 0.25) is 5.88 Å². The lowest BCUT2D eigenvalue weighted by molar-refractivity contribution is -0.131. The van der Waals surface area contributed by atoms with Crippen LogP contribution in [0.3, 0.4) is 0 Å². The van der Waals surface area contributed by atoms with Gasteiger partial charge in [-0.05, 0) is 18.2 Å². The van der Waals surface area contributed by atoms with Crippen molar-refractivity contribution in [3.63, 3.8) is 0 Å². The second kappa shape index (κ2) is 7.97. The van der Waals surface area contributed by atoms with Crippen LogP contribution in [0.2, 0.25) is 5.02 Å². The molecule has 4 atom stereocenters. The summed E-state index contributed by atoms with van der Waals surface area (Å²) in [5.41, 5.74) is 0.900. The van der Waals surface area contributed by atoms with Gasteiger partial charge in [-0.25, -0.2) is 0 Å². The third kappa shape index (κ3) is 4.02. The van der Waals surface area contributed by atoms with Crippen LogP contribution in [0.1, 0.15) is 6.92 Å². The van der Waals surface area contributed by atoms with Gasteiger partial charge in [-0.15, -0.1) is 0 Å². The Morgan fingerprint density at radius 3 is 2.84 bits per heavy atom. The van der Waals surface area contributed by atoms with Crippen molar-refractivity contribution in [2.75, 3.05) is 13.2 Å². The number of ether oxygens (including phenoxy) is 5. The molecule has 162 valence electrons. The van der Waals surface area contributed by atoms with Crippen molar-refractivity contribution in [1.82, 2.24) is 15.0 Å². The van der Waals surface area contributed by atoms with E-state index in [9.17, 15) is 9.90 Å². The number of nitrogens with one attached hydrogen (secondary N) is 1. The molecule has 2 aromatic heterocycles. The summed E-state index contributed by atoms with van der Waals surface area (Å²) >= 11 is 6.32. The number of carbonyl (C=O) groups excluding carboxylic acids is 1. The molecule has 0 radical (unpaired) electrons. The number of H-pyrrole nitrogens is 1. The Labute approximate surface area is 181 Å². The van der Waals surface area contributed by atoms with E-state index in [1.807, 2.05) is 0 Å². The standard InChI is InChI=1S/C20H18ClN3O7/c1-9(25)29-10-3-2-4-11(5-10)30-19-12(21)6-13-18(23-19)24-20(22-13)31-15-8-28-16-14(26)7-27-17(15)16/h2-6,14-17,26H,7-8H2,1H3,(H,22,23,24)/t14-,15-,16-,17-/m1/s1. The number of aromatic amines is 1. The van der Waals surface area contributed by atoms with E-state index in [0.29, 0.717) is 22.7 Å². The number of halogens is 1. The maximum atomic E-state index is 11.1. The molecule has 0 amide bonds. The van der Waals surface area contributed by atoms with E-state index in [-0.39, 0.29) is 36.2 Å². The second-order valence-corrected chi connectivity index (χ2v) is 7.59. The number of benzene rings is 1. The van der Waals surface area contributed by atoms with Crippen LogP contribution in [0.5, 0.6) is 23.4 Å². The largest absolute Gasteiger partial charge is 0.456 e. The van der Waals surface area contributed by atoms with Crippen molar-refractivity contribution >= 4 is 28.7 Å². The number of carbonyl (C=O) groups is 1. The van der Waals surface area contributed by atoms with E-state index in [1.165, 1.54) is 6.92 Å². The van der Waals surface area contributed by atoms with Crippen molar-refractivity contribution < 1.29 is 33.6 Å². The quantitative estimate of drug-likeness (QED) is 0.447. The monoisotopic (exact) mass is 447 g/mol. The van der Waals surface area contributed by atoms with Crippen LogP contribution < -0.4 is 14.2 Å². The minimum absolute atomic E-state index is 0.138. The average Bonchev–Trinajstić information content (AvgIpc) is 3.39. The van der Waals surface area contributed by atoms with Crippen LogP contribution in [-0.2, 0) is 14.3 Å². The molecule has 4 heterocycles. The number of hydrogen-bond donors (Lipinski definition) is 2. The summed E-state index contributed by atoms with van der Waals surface area (Å²) in [7, 11) is 0. The molecule has 0 unspecified atom stereocenters. The first-order valence-electron chi connectivity index (χ1n) is 9.57. The molecule has 1 aromatic carbocycles. The Bertz CT molecular complexity index is 1140. The molecule has 2 fully saturated rings. The highest BCUT2D eigenvalue weighted by molar-refractivity contribution is 6.32. The molecule has 2 aliphatic heterocycles. The van der Waals surface area contributed by atoms with Crippen LogP contribution in [0.15, 0.2) is 30.3 Å². The molecular weight excluding hydrogens is 430 g/mol. The topological polar surface area (TPSA) is 125 Å². The molecule has 2 N–H and O–H groups in total. The number of aromatic nitrogens is 3. The lowest BCUT2D eigenvalue weighted by Crippen LogP contribution is -2.34. The predicted octanol–water partition coefficient (Wildman–Crippen LogP) is 2.23. The highest BCUT2D eigenvalue weighted by Gasteiger charge is 2.48. The van der Waals surface area contributed by atoms with Gasteiger partial charge < -0.3 is 33.8 Å². The van der Waals surface area contributed by atoms with E-state index < -0.39 is 24.3 Å². The fourth-order valence-electron chi connectivity index (χ4n) is 3.57. The van der Waals surface area contributed by atoms with Gasteiger partial charge in [0.25, 0.3) is 6.01 Å². The smallest absolute Gasteiger partial charge is 0.308 e. The molecule has 10 nitrogen and oxygen atoms in total. The summed E-state index contributed by atoms with van der Waals surface area (Å²) < 4.78 is 27.8. The first kappa shape index (κ1) is 20.0. The number of hydrogen-bond acceptors (Lipinski definition) is 9. The normalized spacial score (nSPS) is 24.9. The van der Waals surface area contributed by atoms with Gasteiger partial charge >= 0.3 is 5.97 Å². The fourth-order valence-corrected chi connectivity index (χ4v) is 3.76. The summed E-state index contributed by atoms with van der Waals surface area (Å²) in [6, 6.07) is 8.40. The Kier molecular flexibility index (Phi) is 5.14. The molecule has 2 aliphatic rings. The van der Waals surface area contributed by atoms with Gasteiger partial charge in [0.1, 0.15) is 34.8 Å². The molecule has 31 heavy (non-hydrogen) atoms. The third-order valence-electron chi connectivity index (χ3n) is 4.90. The van der Waals surface area contributed by atoms with Crippen molar-refractivity contribution in [3.8, 4) is 23.4 Å². The number of pyridine rings is 1. The number of esters is 1. The van der Waals surface area contributed by atoms with Crippen LogP contribution in [0, 0.1) is 0 Å². The number of aliphatic hydroxyl groups is 1. The summed E-state index contributed by atoms with van der Waals surface area (Å²) in [6.07, 6.45) is -1.82. The number of aliphatic hydroxyl groups excluding tert-OH is 1. The molecule has 3 aromatic rings. The van der Waals surface area contributed by atoms with E-state index in [0.717, 1.165) is 0 Å². The number of nitrogens with zero attached hydrogens (tertiary/aromatic N) is 2. The minimum atomic E-state index is -0.659. The van der Waals surface area contributed by atoms with Crippen molar-refractivity contribution in [2.24, 2.45) is 0 Å². The zero-order valence-corrected chi connectivity index (χ0v) is 17.0. The molecule has 0 spiro atoms. The Hall–Kier alpha value is -2.92. The molecule has 11 heteroatoms. The predicted molar refractivity (Wildman–Crippen MR) is 107 cm³/mol. The summed E-state index contributed by atoms with van der Waals surface area (Å²) in [5.74, 6) is 0.438. The van der Waals surface area contributed by atoms with E-state index >= 15 is 0 Å². The first-order valence-corrected chi connectivity index (χ1v) is 9.94. The maximum Gasteiger partial charge on any atom is 0.308 e. The van der Waals surface area contributed by atoms with Crippen LogP contribution in [0.25, 0.3) is 11.2 Å². The fraction of sp³-hybridized carbons (Fsp3) is 0.350. The molecule has 0 aliphatic carbocycles. The van der Waals surface area contributed by atoms with Crippen LogP contribution >= 0.6 is 11.6 Å². The summed E-state index contributed by atoms with van der Waals surface area (Å²) in [4.78, 5) is 22.8. The van der Waals surface area contributed by atoms with E-state index in [2.05, 4.69) is 15.0 Å². The zero-order valence-electron chi connectivity index (χ0n) is 16.3. The van der Waals surface area contributed by atoms with Crippen molar-refractivity contribution in [2.45, 2.75) is 31.3 Å². The minimum Gasteiger partial charge on any atom is -0.456 e. The number of rotatable bonds is 5. The molecular formula is C20H18ClN3O7. The SMILES string of the molecule is CC(=O)Oc1cccc(Oc2nc3nc(O[C@@H]4CO[C@H]5[C@@H]4OC[C@H]5O)[nH]c3cc2Cl)c1. The van der Waals surface area contributed by atoms with Gasteiger partial charge in [-0.1, -0.05) is 17.7 Å². The highest BCUT2D eigenvalue weighted by atomic mass is 35.5. The van der Waals surface area contributed by atoms with Gasteiger partial charge in [-0.2, -0.15) is 9.97 Å². The second-order valence-electron chi connectivity index (χ2n) is 7.18. The van der Waals surface area contributed by atoms with Gasteiger partial charge in [-0.3, -0.25) is 4.79 Å². The Morgan fingerprint density at radius 1 is 1.19 bits per heavy atom. The maximum absolute atomic E-state index is 11.1. The van der Waals surface area contributed by atoms with Gasteiger partial charge in [0, 0.05) is 13.0 Å². The zero-order chi connectivity index (χ0) is 21.5. The van der Waals surface area contributed by atoms with Crippen LogP contribution in [-0.4, -0.2) is 63.7 Å². The summed E-state index contributed by atoms with van der Waals surface area (Å²) in [5, 5.41) is 10.1. The van der Waals surface area contributed by atoms with Crippen molar-refractivity contribution in [1.29, 1.82) is 0 Å². The lowest BCUT2D eigenvalue weighted by Gasteiger charge is -2.15. The molecule has 0 bridgehead atoms. The highest BCUT2D eigenvalue weighted by Crippen LogP contribution is 2.33. The molecule has 5 rings (SSSR count). The van der Waals surface area contributed by atoms with E-state index in [4.69, 9.17) is 35.3 Å². The van der Waals surface area contributed by atoms with E-state index in [1.54, 1.807) is 30.3 Å². The Balaban J connectivity index is 1.34. The van der Waals surface area contributed by atoms with Gasteiger partial charge in [0.15, 0.2) is 11.8 Å². The molecule has 2 saturated heterocycles.